The number of carbonyl (C=O) groups is 2. The zero-order valence-corrected chi connectivity index (χ0v) is 10.8. The van der Waals surface area contributed by atoms with Crippen LogP contribution in [0.3, 0.4) is 0 Å². The van der Waals surface area contributed by atoms with Crippen LogP contribution in [0.25, 0.3) is 0 Å². The van der Waals surface area contributed by atoms with Gasteiger partial charge in [-0.25, -0.2) is 0 Å². The quantitative estimate of drug-likeness (QED) is 0.820. The van der Waals surface area contributed by atoms with Crippen LogP contribution in [0.2, 0.25) is 1.41 Å². The third-order valence-corrected chi connectivity index (χ3v) is 3.90. The van der Waals surface area contributed by atoms with Gasteiger partial charge in [0.05, 0.1) is 11.0 Å². The molecule has 2 rings (SSSR count). The van der Waals surface area contributed by atoms with Gasteiger partial charge in [-0.15, -0.1) is 0 Å². The summed E-state index contributed by atoms with van der Waals surface area (Å²) in [6.45, 7) is 2.04. The minimum absolute atomic E-state index is 0.0856. The number of hydrogen-bond acceptors (Lipinski definition) is 3. The van der Waals surface area contributed by atoms with E-state index in [1.54, 1.807) is 18.0 Å². The van der Waals surface area contributed by atoms with Gasteiger partial charge in [0.2, 0.25) is 5.91 Å². The molecule has 19 heavy (non-hydrogen) atoms. The number of pyridine rings is 1. The van der Waals surface area contributed by atoms with Gasteiger partial charge in [-0.1, -0.05) is 19.8 Å². The average molecular weight is 263 g/mol. The first-order chi connectivity index (χ1) is 9.55. The molecule has 102 valence electrons. The summed E-state index contributed by atoms with van der Waals surface area (Å²) in [6, 6.07) is 1.64. The van der Waals surface area contributed by atoms with Gasteiger partial charge in [-0.05, 0) is 24.5 Å². The van der Waals surface area contributed by atoms with Crippen LogP contribution in [-0.4, -0.2) is 22.0 Å². The second-order valence-electron chi connectivity index (χ2n) is 5.16. The maximum atomic E-state index is 11.5. The Hall–Kier alpha value is -1.91. The number of primary amides is 1. The van der Waals surface area contributed by atoms with Crippen molar-refractivity contribution < 1.29 is 16.1 Å². The Morgan fingerprint density at radius 3 is 3.05 bits per heavy atom. The molecule has 1 fully saturated rings. The molecule has 1 heterocycles. The molecule has 1 aliphatic rings. The first kappa shape index (κ1) is 12.1. The van der Waals surface area contributed by atoms with Crippen LogP contribution in [0.5, 0.6) is 0 Å². The van der Waals surface area contributed by atoms with Crippen LogP contribution >= 0.6 is 0 Å². The van der Waals surface area contributed by atoms with Crippen molar-refractivity contribution >= 4 is 11.9 Å². The number of amides is 1. The standard InChI is InChI=1S/C14H18N2O3/c1-2-3-4-14(13(18)19)6-11(14)9-5-10(12(15)17)8-16-7-9/h5,7-8,11H,2-4,6H2,1H3,(H2,15,17)(H,18,19)/i/hD. The van der Waals surface area contributed by atoms with E-state index in [4.69, 9.17) is 1.41 Å². The van der Waals surface area contributed by atoms with E-state index in [2.05, 4.69) is 4.98 Å². The molecular weight excluding hydrogens is 244 g/mol. The summed E-state index contributed by atoms with van der Waals surface area (Å²) in [5, 5.41) is 9.46. The average Bonchev–Trinajstić information content (AvgIpc) is 3.20. The fourth-order valence-electron chi connectivity index (χ4n) is 2.63. The number of carboxylic acids is 1. The third-order valence-electron chi connectivity index (χ3n) is 3.90. The van der Waals surface area contributed by atoms with E-state index < -0.39 is 17.3 Å². The summed E-state index contributed by atoms with van der Waals surface area (Å²) in [6.07, 6.45) is 6.07. The van der Waals surface area contributed by atoms with Crippen LogP contribution in [0.1, 0.15) is 54.4 Å². The smallest absolute Gasteiger partial charge is 0.310 e. The predicted octanol–water partition coefficient (Wildman–Crippen LogP) is 1.93. The van der Waals surface area contributed by atoms with Crippen molar-refractivity contribution in [3.05, 3.63) is 29.6 Å². The molecule has 0 spiro atoms. The second kappa shape index (κ2) is 4.99. The molecule has 0 aromatic carbocycles. The number of nitrogens with zero attached hydrogens (tertiary/aromatic N) is 1. The Morgan fingerprint density at radius 2 is 2.42 bits per heavy atom. The van der Waals surface area contributed by atoms with E-state index in [1.807, 2.05) is 6.92 Å². The largest absolute Gasteiger partial charge is 0.481 e. The van der Waals surface area contributed by atoms with E-state index >= 15 is 0 Å². The lowest BCUT2D eigenvalue weighted by atomic mass is 9.93. The molecule has 5 nitrogen and oxygen atoms in total. The first-order valence-corrected chi connectivity index (χ1v) is 6.45. The Bertz CT molecular complexity index is 535. The maximum absolute atomic E-state index is 11.5. The van der Waals surface area contributed by atoms with Crippen LogP contribution in [0.15, 0.2) is 18.5 Å². The third kappa shape index (κ3) is 2.45. The summed E-state index contributed by atoms with van der Waals surface area (Å²) in [4.78, 5) is 26.9. The SMILES string of the molecule is [2H]NC(=O)c1cncc(C2CC2(CCCC)C(=O)O)c1. The molecule has 1 amide bonds. The highest BCUT2D eigenvalue weighted by Gasteiger charge is 2.60. The van der Waals surface area contributed by atoms with Crippen LogP contribution < -0.4 is 5.73 Å². The molecule has 0 bridgehead atoms. The Labute approximate surface area is 113 Å². The van der Waals surface area contributed by atoms with Crippen molar-refractivity contribution in [1.82, 2.24) is 4.98 Å². The summed E-state index contributed by atoms with van der Waals surface area (Å²) in [5.41, 5.74) is 2.16. The highest BCUT2D eigenvalue weighted by molar-refractivity contribution is 5.92. The zero-order valence-electron chi connectivity index (χ0n) is 11.8. The number of aliphatic carboxylic acids is 1. The molecule has 1 aliphatic carbocycles. The van der Waals surface area contributed by atoms with E-state index in [1.165, 1.54) is 6.20 Å². The Morgan fingerprint density at radius 1 is 1.63 bits per heavy atom. The van der Waals surface area contributed by atoms with Crippen molar-refractivity contribution in [1.29, 1.82) is 0 Å². The van der Waals surface area contributed by atoms with Crippen molar-refractivity contribution in [2.75, 3.05) is 0 Å². The first-order valence-electron chi connectivity index (χ1n) is 6.95. The van der Waals surface area contributed by atoms with Gasteiger partial charge >= 0.3 is 5.97 Å². The number of carboxylic acid groups (broad SMARTS) is 1. The van der Waals surface area contributed by atoms with Crippen LogP contribution in [0, 0.1) is 5.41 Å². The number of carbonyl (C=O) groups excluding carboxylic acids is 1. The van der Waals surface area contributed by atoms with Gasteiger partial charge in [-0.3, -0.25) is 14.6 Å². The monoisotopic (exact) mass is 263 g/mol. The molecule has 1 saturated carbocycles. The Kier molecular flexibility index (Phi) is 3.19. The fourth-order valence-corrected chi connectivity index (χ4v) is 2.63. The summed E-state index contributed by atoms with van der Waals surface area (Å²) in [5.74, 6) is -1.39. The molecule has 1 aromatic heterocycles. The number of hydrogen-bond donors (Lipinski definition) is 2. The predicted molar refractivity (Wildman–Crippen MR) is 69.7 cm³/mol. The van der Waals surface area contributed by atoms with Gasteiger partial charge in [0, 0.05) is 18.3 Å². The minimum Gasteiger partial charge on any atom is -0.481 e. The highest BCUT2D eigenvalue weighted by atomic mass is 16.4. The fraction of sp³-hybridized carbons (Fsp3) is 0.500. The molecule has 0 aliphatic heterocycles. The van der Waals surface area contributed by atoms with Crippen molar-refractivity contribution in [2.24, 2.45) is 11.1 Å². The van der Waals surface area contributed by atoms with E-state index in [-0.39, 0.29) is 5.92 Å². The van der Waals surface area contributed by atoms with Crippen LogP contribution in [-0.2, 0) is 4.79 Å². The van der Waals surface area contributed by atoms with E-state index in [0.29, 0.717) is 18.4 Å². The normalized spacial score (nSPS) is 25.5. The van der Waals surface area contributed by atoms with Gasteiger partial charge in [0.15, 0.2) is 1.41 Å². The van der Waals surface area contributed by atoms with Gasteiger partial charge in [0.25, 0.3) is 0 Å². The topological polar surface area (TPSA) is 93.3 Å². The lowest BCUT2D eigenvalue weighted by molar-refractivity contribution is -0.143. The molecule has 1 aromatic rings. The maximum Gasteiger partial charge on any atom is 0.310 e. The number of unbranched alkanes of at least 4 members (excludes halogenated alkanes) is 1. The van der Waals surface area contributed by atoms with Gasteiger partial charge < -0.3 is 10.8 Å². The van der Waals surface area contributed by atoms with E-state index in [9.17, 15) is 14.7 Å². The molecular formula is C14H18N2O3. The molecule has 3 N–H and O–H groups in total. The molecule has 2 atom stereocenters. The number of aromatic nitrogens is 1. The van der Waals surface area contributed by atoms with Crippen molar-refractivity contribution in [2.45, 2.75) is 38.5 Å². The second-order valence-corrected chi connectivity index (χ2v) is 5.16. The van der Waals surface area contributed by atoms with Crippen LogP contribution in [0.4, 0.5) is 0 Å². The van der Waals surface area contributed by atoms with E-state index in [0.717, 1.165) is 18.4 Å². The molecule has 0 saturated heterocycles. The molecule has 2 unspecified atom stereocenters. The molecule has 0 radical (unpaired) electrons. The van der Waals surface area contributed by atoms with Crippen molar-refractivity contribution in [3.63, 3.8) is 0 Å². The number of rotatable bonds is 6. The molecule has 5 heteroatoms. The summed E-state index contributed by atoms with van der Waals surface area (Å²) < 4.78 is 6.86. The lowest BCUT2D eigenvalue weighted by Gasteiger charge is -2.12. The van der Waals surface area contributed by atoms with Gasteiger partial charge in [0.1, 0.15) is 0 Å². The summed E-state index contributed by atoms with van der Waals surface area (Å²) >= 11 is 0. The van der Waals surface area contributed by atoms with Gasteiger partial charge in [-0.2, -0.15) is 0 Å². The minimum atomic E-state index is -0.772. The lowest BCUT2D eigenvalue weighted by Crippen LogP contribution is -2.17. The summed E-state index contributed by atoms with van der Waals surface area (Å²) in [7, 11) is 0. The Balaban J connectivity index is 2.21. The van der Waals surface area contributed by atoms with Crippen molar-refractivity contribution in [3.8, 4) is 0 Å². The number of nitrogens with two attached hydrogens (primary N) is 1. The highest BCUT2D eigenvalue weighted by Crippen LogP contribution is 2.62. The zero-order chi connectivity index (χ0) is 14.8.